The van der Waals surface area contributed by atoms with Crippen molar-refractivity contribution in [2.75, 3.05) is 18.9 Å². The quantitative estimate of drug-likeness (QED) is 0.813. The molecule has 2 aromatic rings. The lowest BCUT2D eigenvalue weighted by molar-refractivity contribution is -0.129. The van der Waals surface area contributed by atoms with Crippen LogP contribution in [0.2, 0.25) is 10.0 Å². The van der Waals surface area contributed by atoms with E-state index in [1.165, 1.54) is 11.0 Å². The summed E-state index contributed by atoms with van der Waals surface area (Å²) in [4.78, 5) is 25.3. The van der Waals surface area contributed by atoms with Gasteiger partial charge in [-0.3, -0.25) is 9.59 Å². The molecule has 2 rings (SSSR count). The van der Waals surface area contributed by atoms with Crippen molar-refractivity contribution >= 4 is 46.8 Å². The number of hydrogen-bond acceptors (Lipinski definition) is 2. The minimum Gasteiger partial charge on any atom is -0.333 e. The van der Waals surface area contributed by atoms with Gasteiger partial charge in [-0.15, -0.1) is 0 Å². The van der Waals surface area contributed by atoms with Crippen molar-refractivity contribution in [3.05, 3.63) is 70.2 Å². The predicted molar refractivity (Wildman–Crippen MR) is 98.2 cm³/mol. The number of nitrogens with one attached hydrogen (secondary N) is 1. The van der Waals surface area contributed by atoms with E-state index in [-0.39, 0.29) is 18.4 Å². The van der Waals surface area contributed by atoms with Gasteiger partial charge < -0.3 is 10.2 Å². The zero-order valence-corrected chi connectivity index (χ0v) is 14.5. The van der Waals surface area contributed by atoms with E-state index in [4.69, 9.17) is 23.2 Å². The standard InChI is InChI=1S/C18H16Cl2N2O2/c1-22(12-17(23)21-16-9-7-15(20)8-10-16)18(24)11-4-13-2-5-14(19)6-3-13/h2-11H,12H2,1H3,(H,21,23)/b11-4+. The van der Waals surface area contributed by atoms with E-state index in [0.717, 1.165) is 5.56 Å². The second-order valence-electron chi connectivity index (χ2n) is 5.13. The third-order valence-corrected chi connectivity index (χ3v) is 3.68. The van der Waals surface area contributed by atoms with Crippen molar-refractivity contribution in [2.24, 2.45) is 0 Å². The molecule has 0 unspecified atom stereocenters. The molecule has 2 amide bonds. The van der Waals surface area contributed by atoms with Crippen molar-refractivity contribution in [1.82, 2.24) is 4.90 Å². The molecule has 0 spiro atoms. The number of benzene rings is 2. The Hall–Kier alpha value is -2.30. The lowest BCUT2D eigenvalue weighted by Gasteiger charge is -2.14. The Labute approximate surface area is 150 Å². The molecule has 4 nitrogen and oxygen atoms in total. The van der Waals surface area contributed by atoms with Crippen LogP contribution in [0.1, 0.15) is 5.56 Å². The van der Waals surface area contributed by atoms with E-state index in [9.17, 15) is 9.59 Å². The Morgan fingerprint density at radius 1 is 1.00 bits per heavy atom. The number of carbonyl (C=O) groups excluding carboxylic acids is 2. The molecule has 124 valence electrons. The normalized spacial score (nSPS) is 10.6. The molecule has 0 radical (unpaired) electrons. The Balaban J connectivity index is 1.87. The molecule has 0 heterocycles. The van der Waals surface area contributed by atoms with Gasteiger partial charge in [0.1, 0.15) is 0 Å². The van der Waals surface area contributed by atoms with Crippen molar-refractivity contribution in [2.45, 2.75) is 0 Å². The largest absolute Gasteiger partial charge is 0.333 e. The van der Waals surface area contributed by atoms with Crippen LogP contribution >= 0.6 is 23.2 Å². The Kier molecular flexibility index (Phi) is 6.41. The van der Waals surface area contributed by atoms with Crippen LogP contribution in [-0.2, 0) is 9.59 Å². The van der Waals surface area contributed by atoms with Crippen molar-refractivity contribution in [1.29, 1.82) is 0 Å². The molecule has 0 saturated carbocycles. The third kappa shape index (κ3) is 5.72. The van der Waals surface area contributed by atoms with Gasteiger partial charge in [-0.05, 0) is 48.0 Å². The highest BCUT2D eigenvalue weighted by molar-refractivity contribution is 6.30. The first-order chi connectivity index (χ1) is 11.4. The van der Waals surface area contributed by atoms with E-state index < -0.39 is 0 Å². The number of anilines is 1. The summed E-state index contributed by atoms with van der Waals surface area (Å²) in [5.74, 6) is -0.552. The second-order valence-corrected chi connectivity index (χ2v) is 6.01. The van der Waals surface area contributed by atoms with Crippen LogP contribution in [0.4, 0.5) is 5.69 Å². The molecule has 0 aliphatic carbocycles. The van der Waals surface area contributed by atoms with Crippen LogP contribution < -0.4 is 5.32 Å². The Morgan fingerprint density at radius 3 is 2.12 bits per heavy atom. The van der Waals surface area contributed by atoms with E-state index in [0.29, 0.717) is 15.7 Å². The highest BCUT2D eigenvalue weighted by Crippen LogP contribution is 2.13. The minimum atomic E-state index is -0.284. The van der Waals surface area contributed by atoms with E-state index in [2.05, 4.69) is 5.32 Å². The zero-order chi connectivity index (χ0) is 17.5. The van der Waals surface area contributed by atoms with Crippen molar-refractivity contribution in [3.8, 4) is 0 Å². The summed E-state index contributed by atoms with van der Waals surface area (Å²) >= 11 is 11.6. The molecule has 1 N–H and O–H groups in total. The maximum absolute atomic E-state index is 12.0. The smallest absolute Gasteiger partial charge is 0.246 e. The number of carbonyl (C=O) groups is 2. The van der Waals surface area contributed by atoms with Gasteiger partial charge in [0.05, 0.1) is 6.54 Å². The first-order valence-corrected chi connectivity index (χ1v) is 7.94. The molecule has 0 fully saturated rings. The van der Waals surface area contributed by atoms with Gasteiger partial charge in [0.15, 0.2) is 0 Å². The highest BCUT2D eigenvalue weighted by atomic mass is 35.5. The number of nitrogens with zero attached hydrogens (tertiary/aromatic N) is 1. The molecular formula is C18H16Cl2N2O2. The fourth-order valence-electron chi connectivity index (χ4n) is 1.90. The van der Waals surface area contributed by atoms with E-state index >= 15 is 0 Å². The number of rotatable bonds is 5. The third-order valence-electron chi connectivity index (χ3n) is 3.17. The summed E-state index contributed by atoms with van der Waals surface area (Å²) in [6, 6.07) is 13.9. The Morgan fingerprint density at radius 2 is 1.54 bits per heavy atom. The van der Waals surface area contributed by atoms with Crippen molar-refractivity contribution in [3.63, 3.8) is 0 Å². The second kappa shape index (κ2) is 8.52. The molecule has 0 atom stereocenters. The molecule has 0 saturated heterocycles. The van der Waals surface area contributed by atoms with Gasteiger partial charge in [0, 0.05) is 28.9 Å². The van der Waals surface area contributed by atoms with Crippen LogP contribution in [0.5, 0.6) is 0 Å². The first kappa shape index (κ1) is 18.0. The lowest BCUT2D eigenvalue weighted by atomic mass is 10.2. The van der Waals surface area contributed by atoms with Gasteiger partial charge in [-0.1, -0.05) is 35.3 Å². The van der Waals surface area contributed by atoms with Crippen LogP contribution in [0.25, 0.3) is 6.08 Å². The molecule has 0 bridgehead atoms. The number of amides is 2. The summed E-state index contributed by atoms with van der Waals surface area (Å²) in [6.45, 7) is -0.0492. The molecule has 6 heteroatoms. The van der Waals surface area contributed by atoms with Gasteiger partial charge >= 0.3 is 0 Å². The maximum atomic E-state index is 12.0. The average Bonchev–Trinajstić information content (AvgIpc) is 2.56. The van der Waals surface area contributed by atoms with Gasteiger partial charge in [0.25, 0.3) is 0 Å². The summed E-state index contributed by atoms with van der Waals surface area (Å²) in [5, 5.41) is 3.93. The fourth-order valence-corrected chi connectivity index (χ4v) is 2.15. The summed E-state index contributed by atoms with van der Waals surface area (Å²) < 4.78 is 0. The monoisotopic (exact) mass is 362 g/mol. The highest BCUT2D eigenvalue weighted by Gasteiger charge is 2.10. The van der Waals surface area contributed by atoms with Crippen LogP contribution in [0.15, 0.2) is 54.6 Å². The number of hydrogen-bond donors (Lipinski definition) is 1. The van der Waals surface area contributed by atoms with Crippen LogP contribution in [-0.4, -0.2) is 30.3 Å². The Bertz CT molecular complexity index is 741. The molecular weight excluding hydrogens is 347 g/mol. The topological polar surface area (TPSA) is 49.4 Å². The van der Waals surface area contributed by atoms with Gasteiger partial charge in [-0.25, -0.2) is 0 Å². The summed E-state index contributed by atoms with van der Waals surface area (Å²) in [6.07, 6.45) is 3.09. The van der Waals surface area contributed by atoms with Gasteiger partial charge in [0.2, 0.25) is 11.8 Å². The summed E-state index contributed by atoms with van der Waals surface area (Å²) in [5.41, 5.74) is 1.48. The lowest BCUT2D eigenvalue weighted by Crippen LogP contribution is -2.33. The van der Waals surface area contributed by atoms with E-state index in [1.807, 2.05) is 0 Å². The first-order valence-electron chi connectivity index (χ1n) is 7.18. The molecule has 0 aromatic heterocycles. The minimum absolute atomic E-state index is 0.0492. The molecule has 24 heavy (non-hydrogen) atoms. The maximum Gasteiger partial charge on any atom is 0.246 e. The molecule has 2 aromatic carbocycles. The molecule has 0 aliphatic heterocycles. The fraction of sp³-hybridized carbons (Fsp3) is 0.111. The zero-order valence-electron chi connectivity index (χ0n) is 13.0. The molecule has 0 aliphatic rings. The number of likely N-dealkylation sites (N-methyl/N-ethyl adjacent to an activating group) is 1. The summed E-state index contributed by atoms with van der Waals surface area (Å²) in [7, 11) is 1.57. The van der Waals surface area contributed by atoms with Gasteiger partial charge in [-0.2, -0.15) is 0 Å². The van der Waals surface area contributed by atoms with Crippen LogP contribution in [0, 0.1) is 0 Å². The van der Waals surface area contributed by atoms with E-state index in [1.54, 1.807) is 61.7 Å². The average molecular weight is 363 g/mol. The van der Waals surface area contributed by atoms with Crippen molar-refractivity contribution < 1.29 is 9.59 Å². The van der Waals surface area contributed by atoms with Crippen LogP contribution in [0.3, 0.4) is 0 Å². The predicted octanol–water partition coefficient (Wildman–Crippen LogP) is 4.10. The SMILES string of the molecule is CN(CC(=O)Nc1ccc(Cl)cc1)C(=O)/C=C/c1ccc(Cl)cc1. The number of halogens is 2.